The predicted molar refractivity (Wildman–Crippen MR) is 99.6 cm³/mol. The molecule has 1 atom stereocenters. The van der Waals surface area contributed by atoms with Crippen LogP contribution in [-0.4, -0.2) is 5.11 Å². The third-order valence-corrected chi connectivity index (χ3v) is 5.34. The van der Waals surface area contributed by atoms with Gasteiger partial charge in [0.1, 0.15) is 6.54 Å². The summed E-state index contributed by atoms with van der Waals surface area (Å²) in [5, 5.41) is 12.5. The van der Waals surface area contributed by atoms with E-state index in [-0.39, 0.29) is 0 Å². The summed E-state index contributed by atoms with van der Waals surface area (Å²) < 4.78 is 2.05. The molecule has 1 aliphatic heterocycles. The summed E-state index contributed by atoms with van der Waals surface area (Å²) in [6.45, 7) is 1.01. The van der Waals surface area contributed by atoms with Crippen molar-refractivity contribution in [3.8, 4) is 0 Å². The van der Waals surface area contributed by atoms with Crippen LogP contribution >= 0.6 is 23.2 Å². The molecule has 1 aromatic heterocycles. The molecule has 1 aliphatic rings. The third kappa shape index (κ3) is 2.89. The molecule has 0 saturated heterocycles. The van der Waals surface area contributed by atoms with Gasteiger partial charge in [0.2, 0.25) is 0 Å². The van der Waals surface area contributed by atoms with Gasteiger partial charge in [-0.1, -0.05) is 65.7 Å². The molecule has 1 N–H and O–H groups in total. The highest BCUT2D eigenvalue weighted by Gasteiger charge is 2.51. The Morgan fingerprint density at radius 1 is 0.960 bits per heavy atom. The number of rotatable bonds is 3. The molecule has 0 bridgehead atoms. The van der Waals surface area contributed by atoms with Crippen molar-refractivity contribution in [1.82, 2.24) is 0 Å². The van der Waals surface area contributed by atoms with Crippen LogP contribution in [0.15, 0.2) is 72.9 Å². The third-order valence-electron chi connectivity index (χ3n) is 4.60. The minimum Gasteiger partial charge on any atom is -0.346 e. The molecule has 2 aromatic carbocycles. The Hall–Kier alpha value is -2.07. The fraction of sp³-hybridized carbons (Fsp3) is 0.150. The maximum atomic E-state index is 11.6. The van der Waals surface area contributed by atoms with Gasteiger partial charge in [-0.05, 0) is 23.8 Å². The van der Waals surface area contributed by atoms with Crippen molar-refractivity contribution in [3.63, 3.8) is 0 Å². The van der Waals surface area contributed by atoms with Crippen molar-refractivity contribution in [2.75, 3.05) is 4.90 Å². The van der Waals surface area contributed by atoms with E-state index in [0.717, 1.165) is 16.9 Å². The molecule has 0 aliphatic carbocycles. The van der Waals surface area contributed by atoms with Crippen molar-refractivity contribution in [2.45, 2.75) is 18.8 Å². The standard InChI is InChI=1S/C20H17Cl2N2O/c21-17-10-9-16(12-18(17)22)20(25)14-23-11-5-4-8-19(23)24(20)13-15-6-2-1-3-7-15/h1-12,25H,13-14H2/q+1/t20-/m0/s1. The van der Waals surface area contributed by atoms with Crippen LogP contribution in [0.2, 0.25) is 10.0 Å². The lowest BCUT2D eigenvalue weighted by Gasteiger charge is -2.28. The number of aliphatic hydroxyl groups is 1. The fourth-order valence-corrected chi connectivity index (χ4v) is 3.63. The Kier molecular flexibility index (Phi) is 4.16. The molecule has 0 spiro atoms. The van der Waals surface area contributed by atoms with Crippen LogP contribution in [0.3, 0.4) is 0 Å². The number of hydrogen-bond donors (Lipinski definition) is 1. The van der Waals surface area contributed by atoms with Gasteiger partial charge < -0.3 is 5.11 Å². The minimum absolute atomic E-state index is 0.425. The summed E-state index contributed by atoms with van der Waals surface area (Å²) in [6, 6.07) is 21.4. The van der Waals surface area contributed by atoms with Crippen molar-refractivity contribution < 1.29 is 9.67 Å². The molecule has 0 unspecified atom stereocenters. The molecule has 5 heteroatoms. The van der Waals surface area contributed by atoms with Crippen molar-refractivity contribution >= 4 is 29.0 Å². The average molecular weight is 372 g/mol. The monoisotopic (exact) mass is 371 g/mol. The first kappa shape index (κ1) is 16.4. The molecular weight excluding hydrogens is 355 g/mol. The van der Waals surface area contributed by atoms with E-state index in [1.807, 2.05) is 58.1 Å². The molecule has 3 aromatic rings. The first-order valence-corrected chi connectivity index (χ1v) is 8.81. The highest BCUT2D eigenvalue weighted by atomic mass is 35.5. The van der Waals surface area contributed by atoms with Crippen LogP contribution in [0, 0.1) is 0 Å². The lowest BCUT2D eigenvalue weighted by molar-refractivity contribution is -0.683. The highest BCUT2D eigenvalue weighted by molar-refractivity contribution is 6.42. The Morgan fingerprint density at radius 3 is 2.48 bits per heavy atom. The van der Waals surface area contributed by atoms with Crippen LogP contribution in [-0.2, 0) is 18.8 Å². The van der Waals surface area contributed by atoms with Gasteiger partial charge in [0, 0.05) is 11.6 Å². The number of pyridine rings is 1. The second kappa shape index (κ2) is 6.34. The largest absolute Gasteiger partial charge is 0.346 e. The van der Waals surface area contributed by atoms with E-state index < -0.39 is 5.72 Å². The summed E-state index contributed by atoms with van der Waals surface area (Å²) in [5.41, 5.74) is 0.651. The Morgan fingerprint density at radius 2 is 1.72 bits per heavy atom. The van der Waals surface area contributed by atoms with Crippen LogP contribution in [0.1, 0.15) is 11.1 Å². The first-order valence-electron chi connectivity index (χ1n) is 8.06. The van der Waals surface area contributed by atoms with Crippen LogP contribution in [0.4, 0.5) is 5.82 Å². The second-order valence-corrected chi connectivity index (χ2v) is 7.02. The van der Waals surface area contributed by atoms with Gasteiger partial charge in [-0.2, -0.15) is 0 Å². The molecule has 2 heterocycles. The zero-order chi connectivity index (χ0) is 17.4. The Labute approximate surface area is 156 Å². The van der Waals surface area contributed by atoms with Crippen LogP contribution in [0.25, 0.3) is 0 Å². The van der Waals surface area contributed by atoms with E-state index in [9.17, 15) is 5.11 Å². The predicted octanol–water partition coefficient (Wildman–Crippen LogP) is 4.15. The quantitative estimate of drug-likeness (QED) is 0.700. The van der Waals surface area contributed by atoms with Crippen LogP contribution < -0.4 is 9.47 Å². The molecule has 25 heavy (non-hydrogen) atoms. The molecule has 126 valence electrons. The average Bonchev–Trinajstić information content (AvgIpc) is 2.91. The highest BCUT2D eigenvalue weighted by Crippen LogP contribution is 2.38. The van der Waals surface area contributed by atoms with Gasteiger partial charge in [0.15, 0.2) is 6.54 Å². The Bertz CT molecular complexity index is 917. The van der Waals surface area contributed by atoms with Crippen molar-refractivity contribution in [1.29, 1.82) is 0 Å². The van der Waals surface area contributed by atoms with Gasteiger partial charge in [-0.25, -0.2) is 9.47 Å². The SMILES string of the molecule is O[C@]1(c2ccc(Cl)c(Cl)c2)C[n+]2ccccc2N1Cc1ccccc1. The van der Waals surface area contributed by atoms with E-state index in [0.29, 0.717) is 23.1 Å². The van der Waals surface area contributed by atoms with E-state index >= 15 is 0 Å². The molecule has 3 nitrogen and oxygen atoms in total. The van der Waals surface area contributed by atoms with Gasteiger partial charge >= 0.3 is 0 Å². The molecule has 0 saturated carbocycles. The summed E-state index contributed by atoms with van der Waals surface area (Å²) in [5.74, 6) is 0.958. The number of halogens is 2. The smallest absolute Gasteiger partial charge is 0.279 e. The normalized spacial score (nSPS) is 19.1. The summed E-state index contributed by atoms with van der Waals surface area (Å²) >= 11 is 12.3. The number of aromatic nitrogens is 1. The minimum atomic E-state index is -1.20. The fourth-order valence-electron chi connectivity index (χ4n) is 3.33. The summed E-state index contributed by atoms with van der Waals surface area (Å²) in [4.78, 5) is 2.00. The number of benzene rings is 2. The van der Waals surface area contributed by atoms with E-state index in [1.165, 1.54) is 0 Å². The topological polar surface area (TPSA) is 27.4 Å². The zero-order valence-corrected chi connectivity index (χ0v) is 15.0. The van der Waals surface area contributed by atoms with Gasteiger partial charge in [0.05, 0.1) is 16.2 Å². The van der Waals surface area contributed by atoms with Crippen molar-refractivity contribution in [2.24, 2.45) is 0 Å². The number of hydrogen-bond acceptors (Lipinski definition) is 2. The maximum absolute atomic E-state index is 11.6. The zero-order valence-electron chi connectivity index (χ0n) is 13.4. The molecular formula is C20H17Cl2N2O+. The van der Waals surface area contributed by atoms with Gasteiger partial charge in [0.25, 0.3) is 11.5 Å². The van der Waals surface area contributed by atoms with Crippen molar-refractivity contribution in [3.05, 3.63) is 94.1 Å². The summed E-state index contributed by atoms with van der Waals surface area (Å²) in [7, 11) is 0. The maximum Gasteiger partial charge on any atom is 0.279 e. The van der Waals surface area contributed by atoms with E-state index in [4.69, 9.17) is 23.2 Å². The number of fused-ring (bicyclic) bond motifs is 1. The lowest BCUT2D eigenvalue weighted by atomic mass is 10.0. The lowest BCUT2D eigenvalue weighted by Crippen LogP contribution is -2.45. The van der Waals surface area contributed by atoms with Gasteiger partial charge in [-0.3, -0.25) is 0 Å². The summed E-state index contributed by atoms with van der Waals surface area (Å²) in [6.07, 6.45) is 1.98. The van der Waals surface area contributed by atoms with Gasteiger partial charge in [-0.15, -0.1) is 0 Å². The first-order chi connectivity index (χ1) is 12.1. The molecule has 0 fully saturated rings. The molecule has 4 rings (SSSR count). The number of nitrogens with zero attached hydrogens (tertiary/aromatic N) is 2. The number of anilines is 1. The molecule has 0 radical (unpaired) electrons. The van der Waals surface area contributed by atoms with Crippen LogP contribution in [0.5, 0.6) is 0 Å². The van der Waals surface area contributed by atoms with E-state index in [1.54, 1.807) is 12.1 Å². The Balaban J connectivity index is 1.81. The van der Waals surface area contributed by atoms with E-state index in [2.05, 4.69) is 12.1 Å². The second-order valence-electron chi connectivity index (χ2n) is 6.20. The molecule has 0 amide bonds.